The van der Waals surface area contributed by atoms with E-state index in [0.717, 1.165) is 102 Å². The molecule has 0 aliphatic rings. The number of phosphoric acid groups is 2. The molecule has 17 nitrogen and oxygen atoms in total. The summed E-state index contributed by atoms with van der Waals surface area (Å²) in [6, 6.07) is 0. The number of hydrogen-bond acceptors (Lipinski definition) is 15. The molecule has 0 aliphatic carbocycles. The van der Waals surface area contributed by atoms with Gasteiger partial charge in [-0.1, -0.05) is 362 Å². The van der Waals surface area contributed by atoms with Crippen molar-refractivity contribution < 1.29 is 80.2 Å². The third-order valence-corrected chi connectivity index (χ3v) is 20.2. The van der Waals surface area contributed by atoms with Crippen LogP contribution >= 0.6 is 15.6 Å². The number of esters is 4. The predicted molar refractivity (Wildman–Crippen MR) is 395 cm³/mol. The molecule has 0 aliphatic heterocycles. The molecule has 0 amide bonds. The fraction of sp³-hybridized carbons (Fsp3) is 0.949. The summed E-state index contributed by atoms with van der Waals surface area (Å²) in [5.74, 6) is -1.36. The molecule has 0 saturated heterocycles. The highest BCUT2D eigenvalue weighted by molar-refractivity contribution is 7.47. The van der Waals surface area contributed by atoms with Crippen LogP contribution in [0.2, 0.25) is 0 Å². The minimum absolute atomic E-state index is 0.106. The summed E-state index contributed by atoms with van der Waals surface area (Å²) in [6.45, 7) is 7.22. The molecule has 97 heavy (non-hydrogen) atoms. The standard InChI is InChI=1S/C78H152O17P2/c1-6-9-12-15-17-19-21-23-25-27-28-29-30-32-34-36-40-44-48-53-58-63-78(83)95-74(68-89-76(81)62-57-52-47-43-39-35-33-31-26-24-22-20-18-16-13-10-7-2)70-93-97(86,87)91-66-72(79)65-90-96(84,85)92-69-73(67-88-75(80)61-56-50-14-11-8-3)94-77(82)64-59-54-49-45-41-37-38-42-46-51-55-60-71(4)5/h71-74,79H,6-70H2,1-5H3,(H,84,85)(H,86,87)/t72-,73+,74+/m0/s1. The Bertz CT molecular complexity index is 1860. The Morgan fingerprint density at radius 3 is 0.701 bits per heavy atom. The Balaban J connectivity index is 5.12. The molecule has 0 bridgehead atoms. The van der Waals surface area contributed by atoms with Gasteiger partial charge < -0.3 is 33.8 Å². The number of phosphoric ester groups is 2. The topological polar surface area (TPSA) is 237 Å². The Kier molecular flexibility index (Phi) is 69.6. The molecule has 0 radical (unpaired) electrons. The van der Waals surface area contributed by atoms with E-state index in [2.05, 4.69) is 34.6 Å². The Hall–Kier alpha value is -1.94. The van der Waals surface area contributed by atoms with Gasteiger partial charge in [-0.3, -0.25) is 37.3 Å². The summed E-state index contributed by atoms with van der Waals surface area (Å²) in [5.41, 5.74) is 0. The van der Waals surface area contributed by atoms with Gasteiger partial charge in [0.15, 0.2) is 12.2 Å². The van der Waals surface area contributed by atoms with E-state index in [-0.39, 0.29) is 25.7 Å². The van der Waals surface area contributed by atoms with Crippen LogP contribution in [0.15, 0.2) is 0 Å². The van der Waals surface area contributed by atoms with Crippen molar-refractivity contribution in [2.75, 3.05) is 39.6 Å². The molecule has 0 spiro atoms. The summed E-state index contributed by atoms with van der Waals surface area (Å²) < 4.78 is 68.4. The zero-order valence-electron chi connectivity index (χ0n) is 63.2. The van der Waals surface area contributed by atoms with E-state index in [4.69, 9.17) is 37.0 Å². The Morgan fingerprint density at radius 1 is 0.278 bits per heavy atom. The summed E-state index contributed by atoms with van der Waals surface area (Å²) in [5, 5.41) is 10.6. The molecular weight excluding hydrogens is 1270 g/mol. The van der Waals surface area contributed by atoms with Crippen molar-refractivity contribution >= 4 is 39.5 Å². The van der Waals surface area contributed by atoms with Gasteiger partial charge in [-0.2, -0.15) is 0 Å². The van der Waals surface area contributed by atoms with E-state index >= 15 is 0 Å². The lowest BCUT2D eigenvalue weighted by Gasteiger charge is -2.21. The molecule has 5 atom stereocenters. The van der Waals surface area contributed by atoms with Crippen molar-refractivity contribution in [2.24, 2.45) is 5.92 Å². The third-order valence-electron chi connectivity index (χ3n) is 18.3. The predicted octanol–water partition coefficient (Wildman–Crippen LogP) is 23.3. The van der Waals surface area contributed by atoms with Gasteiger partial charge in [-0.05, 0) is 31.6 Å². The molecule has 0 rings (SSSR count). The summed E-state index contributed by atoms with van der Waals surface area (Å²) in [4.78, 5) is 72.6. The van der Waals surface area contributed by atoms with Crippen molar-refractivity contribution in [3.05, 3.63) is 0 Å². The van der Waals surface area contributed by atoms with E-state index in [1.54, 1.807) is 0 Å². The Morgan fingerprint density at radius 2 is 0.474 bits per heavy atom. The van der Waals surface area contributed by atoms with Crippen LogP contribution < -0.4 is 0 Å². The van der Waals surface area contributed by atoms with Crippen LogP contribution in [-0.2, 0) is 65.4 Å². The highest BCUT2D eigenvalue weighted by Crippen LogP contribution is 2.45. The van der Waals surface area contributed by atoms with Gasteiger partial charge in [-0.15, -0.1) is 0 Å². The number of carbonyl (C=O) groups excluding carboxylic acids is 4. The lowest BCUT2D eigenvalue weighted by Crippen LogP contribution is -2.30. The molecule has 3 N–H and O–H groups in total. The quantitative estimate of drug-likeness (QED) is 0.0222. The number of aliphatic hydroxyl groups is 1. The zero-order chi connectivity index (χ0) is 71.2. The van der Waals surface area contributed by atoms with Crippen LogP contribution in [0.1, 0.15) is 413 Å². The van der Waals surface area contributed by atoms with Gasteiger partial charge in [0, 0.05) is 25.7 Å². The summed E-state index contributed by atoms with van der Waals surface area (Å²) in [7, 11) is -9.90. The zero-order valence-corrected chi connectivity index (χ0v) is 65.0. The average molecular weight is 1420 g/mol. The van der Waals surface area contributed by atoms with Crippen molar-refractivity contribution in [3.8, 4) is 0 Å². The fourth-order valence-electron chi connectivity index (χ4n) is 12.1. The first-order valence-corrected chi connectivity index (χ1v) is 43.6. The van der Waals surface area contributed by atoms with Crippen LogP contribution in [0, 0.1) is 5.92 Å². The van der Waals surface area contributed by atoms with Crippen molar-refractivity contribution in [1.29, 1.82) is 0 Å². The second kappa shape index (κ2) is 71.1. The maximum absolute atomic E-state index is 13.1. The molecule has 0 aromatic carbocycles. The van der Waals surface area contributed by atoms with Gasteiger partial charge in [0.05, 0.1) is 26.4 Å². The second-order valence-corrected chi connectivity index (χ2v) is 31.5. The normalized spacial score (nSPS) is 13.9. The monoisotopic (exact) mass is 1420 g/mol. The summed E-state index contributed by atoms with van der Waals surface area (Å²) >= 11 is 0. The number of aliphatic hydroxyl groups excluding tert-OH is 1. The first kappa shape index (κ1) is 95.1. The van der Waals surface area contributed by atoms with Gasteiger partial charge in [0.1, 0.15) is 19.3 Å². The van der Waals surface area contributed by atoms with Gasteiger partial charge in [0.25, 0.3) is 0 Å². The average Bonchev–Trinajstić information content (AvgIpc) is 1.99. The lowest BCUT2D eigenvalue weighted by molar-refractivity contribution is -0.161. The summed E-state index contributed by atoms with van der Waals surface area (Å²) in [6.07, 6.45) is 61.6. The van der Waals surface area contributed by atoms with Crippen LogP contribution in [-0.4, -0.2) is 96.7 Å². The minimum atomic E-state index is -4.96. The second-order valence-electron chi connectivity index (χ2n) is 28.6. The van der Waals surface area contributed by atoms with Gasteiger partial charge >= 0.3 is 39.5 Å². The first-order valence-electron chi connectivity index (χ1n) is 40.6. The van der Waals surface area contributed by atoms with Crippen molar-refractivity contribution in [3.63, 3.8) is 0 Å². The minimum Gasteiger partial charge on any atom is -0.462 e. The van der Waals surface area contributed by atoms with Crippen molar-refractivity contribution in [2.45, 2.75) is 432 Å². The highest BCUT2D eigenvalue weighted by atomic mass is 31.2. The molecule has 0 saturated carbocycles. The van der Waals surface area contributed by atoms with Crippen molar-refractivity contribution in [1.82, 2.24) is 0 Å². The van der Waals surface area contributed by atoms with Crippen LogP contribution in [0.3, 0.4) is 0 Å². The third kappa shape index (κ3) is 72.2. The molecule has 19 heteroatoms. The number of ether oxygens (including phenoxy) is 4. The number of carbonyl (C=O) groups is 4. The highest BCUT2D eigenvalue weighted by Gasteiger charge is 2.30. The number of hydrogen-bond donors (Lipinski definition) is 3. The Labute approximate surface area is 594 Å². The largest absolute Gasteiger partial charge is 0.472 e. The molecular formula is C78H152O17P2. The van der Waals surface area contributed by atoms with E-state index in [0.29, 0.717) is 25.7 Å². The number of rotatable bonds is 78. The number of unbranched alkanes of at least 4 members (excludes halogenated alkanes) is 50. The van der Waals surface area contributed by atoms with E-state index in [9.17, 15) is 43.2 Å². The van der Waals surface area contributed by atoms with Crippen LogP contribution in [0.5, 0.6) is 0 Å². The van der Waals surface area contributed by atoms with Crippen LogP contribution in [0.4, 0.5) is 0 Å². The molecule has 2 unspecified atom stereocenters. The molecule has 0 aromatic rings. The fourth-order valence-corrected chi connectivity index (χ4v) is 13.6. The van der Waals surface area contributed by atoms with E-state index in [1.807, 2.05) is 0 Å². The smallest absolute Gasteiger partial charge is 0.462 e. The first-order chi connectivity index (χ1) is 47.0. The molecule has 0 heterocycles. The SMILES string of the molecule is CCCCCCCCCCCCCCCCCCCCCCCC(=O)O[C@H](COC(=O)CCCCCCCCCCCCCCCCCCC)COP(=O)(O)OC[C@@H](O)COP(=O)(O)OC[C@@H](COC(=O)CCCCCCC)OC(=O)CCCCCCCCCCCCCC(C)C. The lowest BCUT2D eigenvalue weighted by atomic mass is 10.0. The molecule has 0 aromatic heterocycles. The maximum atomic E-state index is 13.1. The van der Waals surface area contributed by atoms with Gasteiger partial charge in [0.2, 0.25) is 0 Å². The van der Waals surface area contributed by atoms with Gasteiger partial charge in [-0.25, -0.2) is 9.13 Å². The van der Waals surface area contributed by atoms with E-state index < -0.39 is 97.5 Å². The molecule has 0 fully saturated rings. The van der Waals surface area contributed by atoms with Crippen LogP contribution in [0.25, 0.3) is 0 Å². The molecule has 576 valence electrons. The van der Waals surface area contributed by atoms with E-state index in [1.165, 1.54) is 231 Å². The maximum Gasteiger partial charge on any atom is 0.472 e.